The number of thiophene rings is 1. The van der Waals surface area contributed by atoms with Crippen LogP contribution in [0.4, 0.5) is 0 Å². The van der Waals surface area contributed by atoms with Crippen molar-refractivity contribution < 1.29 is 4.79 Å². The standard InChI is InChI=1S/C12H14N2OS/c1-14(9-4-5-9)12(15)11-7-6-10(16-11)3-2-8-13/h6-7,9H,4-5,8,13H2,1H3. The highest BCUT2D eigenvalue weighted by Crippen LogP contribution is 2.28. The highest BCUT2D eigenvalue weighted by atomic mass is 32.1. The summed E-state index contributed by atoms with van der Waals surface area (Å²) in [5.41, 5.74) is 5.30. The third-order valence-corrected chi connectivity index (χ3v) is 3.53. The van der Waals surface area contributed by atoms with Crippen molar-refractivity contribution in [3.63, 3.8) is 0 Å². The molecule has 3 nitrogen and oxygen atoms in total. The van der Waals surface area contributed by atoms with Gasteiger partial charge in [0.25, 0.3) is 5.91 Å². The van der Waals surface area contributed by atoms with Crippen molar-refractivity contribution in [2.75, 3.05) is 13.6 Å². The molecule has 1 fully saturated rings. The normalized spacial score (nSPS) is 14.1. The molecule has 1 aliphatic rings. The molecule has 0 radical (unpaired) electrons. The molecule has 0 saturated heterocycles. The summed E-state index contributed by atoms with van der Waals surface area (Å²) in [6, 6.07) is 4.17. The van der Waals surface area contributed by atoms with Crippen molar-refractivity contribution in [3.05, 3.63) is 21.9 Å². The van der Waals surface area contributed by atoms with Crippen LogP contribution in [0.25, 0.3) is 0 Å². The number of hydrogen-bond acceptors (Lipinski definition) is 3. The van der Waals surface area contributed by atoms with E-state index >= 15 is 0 Å². The predicted molar refractivity (Wildman–Crippen MR) is 65.4 cm³/mol. The number of carbonyl (C=O) groups is 1. The lowest BCUT2D eigenvalue weighted by molar-refractivity contribution is 0.0790. The Bertz CT molecular complexity index is 451. The topological polar surface area (TPSA) is 46.3 Å². The first kappa shape index (κ1) is 11.2. The fourth-order valence-corrected chi connectivity index (χ4v) is 2.32. The molecule has 4 heteroatoms. The zero-order chi connectivity index (χ0) is 11.5. The third-order valence-electron chi connectivity index (χ3n) is 2.55. The molecule has 1 amide bonds. The van der Waals surface area contributed by atoms with Gasteiger partial charge in [-0.25, -0.2) is 0 Å². The first-order valence-electron chi connectivity index (χ1n) is 5.28. The van der Waals surface area contributed by atoms with Gasteiger partial charge in [-0.1, -0.05) is 11.8 Å². The molecule has 0 unspecified atom stereocenters. The molecule has 1 saturated carbocycles. The molecule has 2 rings (SSSR count). The summed E-state index contributed by atoms with van der Waals surface area (Å²) in [6.07, 6.45) is 2.26. The van der Waals surface area contributed by atoms with Crippen LogP contribution in [0, 0.1) is 11.8 Å². The van der Waals surface area contributed by atoms with Crippen molar-refractivity contribution in [2.45, 2.75) is 18.9 Å². The zero-order valence-electron chi connectivity index (χ0n) is 9.19. The lowest BCUT2D eigenvalue weighted by Crippen LogP contribution is -2.27. The van der Waals surface area contributed by atoms with E-state index in [1.807, 2.05) is 24.1 Å². The summed E-state index contributed by atoms with van der Waals surface area (Å²) in [7, 11) is 1.87. The van der Waals surface area contributed by atoms with E-state index in [-0.39, 0.29) is 5.91 Å². The molecule has 0 spiro atoms. The smallest absolute Gasteiger partial charge is 0.263 e. The Labute approximate surface area is 99.2 Å². The molecular formula is C12H14N2OS. The van der Waals surface area contributed by atoms with E-state index < -0.39 is 0 Å². The van der Waals surface area contributed by atoms with Gasteiger partial charge in [-0.2, -0.15) is 0 Å². The molecule has 84 valence electrons. The van der Waals surface area contributed by atoms with Gasteiger partial charge in [-0.3, -0.25) is 4.79 Å². The van der Waals surface area contributed by atoms with Gasteiger partial charge in [0.05, 0.1) is 16.3 Å². The molecule has 16 heavy (non-hydrogen) atoms. The van der Waals surface area contributed by atoms with Crippen LogP contribution in [0.3, 0.4) is 0 Å². The maximum Gasteiger partial charge on any atom is 0.263 e. The van der Waals surface area contributed by atoms with Crippen molar-refractivity contribution >= 4 is 17.2 Å². The van der Waals surface area contributed by atoms with Crippen molar-refractivity contribution in [1.29, 1.82) is 0 Å². The van der Waals surface area contributed by atoms with Crippen LogP contribution < -0.4 is 5.73 Å². The lowest BCUT2D eigenvalue weighted by atomic mass is 10.4. The van der Waals surface area contributed by atoms with Crippen molar-refractivity contribution in [2.24, 2.45) is 5.73 Å². The second kappa shape index (κ2) is 4.69. The minimum Gasteiger partial charge on any atom is -0.338 e. The summed E-state index contributed by atoms with van der Waals surface area (Å²) >= 11 is 1.43. The van der Waals surface area contributed by atoms with Crippen LogP contribution in [0.1, 0.15) is 27.4 Å². The van der Waals surface area contributed by atoms with Gasteiger partial charge in [0.2, 0.25) is 0 Å². The van der Waals surface area contributed by atoms with Gasteiger partial charge in [-0.05, 0) is 25.0 Å². The SMILES string of the molecule is CN(C(=O)c1ccc(C#CCN)s1)C1CC1. The van der Waals surface area contributed by atoms with E-state index in [1.54, 1.807) is 0 Å². The first-order valence-corrected chi connectivity index (χ1v) is 6.10. The summed E-state index contributed by atoms with van der Waals surface area (Å²) in [6.45, 7) is 0.350. The largest absolute Gasteiger partial charge is 0.338 e. The van der Waals surface area contributed by atoms with Crippen LogP contribution in [-0.4, -0.2) is 30.4 Å². The number of carbonyl (C=O) groups excluding carboxylic acids is 1. The Kier molecular flexibility index (Phi) is 3.28. The van der Waals surface area contributed by atoms with Gasteiger partial charge in [-0.15, -0.1) is 11.3 Å². The Morgan fingerprint density at radius 2 is 2.38 bits per heavy atom. The average molecular weight is 234 g/mol. The minimum absolute atomic E-state index is 0.105. The Hall–Kier alpha value is -1.31. The Balaban J connectivity index is 2.08. The monoisotopic (exact) mass is 234 g/mol. The number of rotatable bonds is 2. The summed E-state index contributed by atoms with van der Waals surface area (Å²) in [5.74, 6) is 5.83. The first-order chi connectivity index (χ1) is 7.72. The van der Waals surface area contributed by atoms with E-state index in [1.165, 1.54) is 11.3 Å². The highest BCUT2D eigenvalue weighted by molar-refractivity contribution is 7.14. The second-order valence-electron chi connectivity index (χ2n) is 3.82. The lowest BCUT2D eigenvalue weighted by Gasteiger charge is -2.14. The van der Waals surface area contributed by atoms with Gasteiger partial charge in [0.1, 0.15) is 0 Å². The van der Waals surface area contributed by atoms with E-state index in [0.29, 0.717) is 12.6 Å². The maximum atomic E-state index is 12.0. The van der Waals surface area contributed by atoms with Crippen LogP contribution in [-0.2, 0) is 0 Å². The van der Waals surface area contributed by atoms with Crippen LogP contribution >= 0.6 is 11.3 Å². The molecule has 2 N–H and O–H groups in total. The molecule has 0 atom stereocenters. The van der Waals surface area contributed by atoms with E-state index in [0.717, 1.165) is 22.6 Å². The van der Waals surface area contributed by atoms with Gasteiger partial charge < -0.3 is 10.6 Å². The molecule has 1 heterocycles. The predicted octanol–water partition coefficient (Wildman–Crippen LogP) is 1.29. The van der Waals surface area contributed by atoms with E-state index in [9.17, 15) is 4.79 Å². The molecule has 1 aromatic rings. The minimum atomic E-state index is 0.105. The van der Waals surface area contributed by atoms with E-state index in [2.05, 4.69) is 11.8 Å². The second-order valence-corrected chi connectivity index (χ2v) is 4.90. The maximum absolute atomic E-state index is 12.0. The van der Waals surface area contributed by atoms with E-state index in [4.69, 9.17) is 5.73 Å². The average Bonchev–Trinajstić information content (AvgIpc) is 3.04. The third kappa shape index (κ3) is 2.43. The summed E-state index contributed by atoms with van der Waals surface area (Å²) in [5, 5.41) is 0. The molecule has 1 aromatic heterocycles. The zero-order valence-corrected chi connectivity index (χ0v) is 10.0. The fourth-order valence-electron chi connectivity index (χ4n) is 1.46. The van der Waals surface area contributed by atoms with Gasteiger partial charge >= 0.3 is 0 Å². The number of amides is 1. The van der Waals surface area contributed by atoms with Gasteiger partial charge in [0.15, 0.2) is 0 Å². The number of hydrogen-bond donors (Lipinski definition) is 1. The quantitative estimate of drug-likeness (QED) is 0.784. The van der Waals surface area contributed by atoms with Crippen LogP contribution in [0.5, 0.6) is 0 Å². The van der Waals surface area contributed by atoms with Crippen molar-refractivity contribution in [1.82, 2.24) is 4.90 Å². The molecule has 0 aromatic carbocycles. The van der Waals surface area contributed by atoms with Crippen molar-refractivity contribution in [3.8, 4) is 11.8 Å². The van der Waals surface area contributed by atoms with Crippen LogP contribution in [0.2, 0.25) is 0 Å². The Morgan fingerprint density at radius 3 is 3.00 bits per heavy atom. The van der Waals surface area contributed by atoms with Crippen LogP contribution in [0.15, 0.2) is 12.1 Å². The molecule has 1 aliphatic carbocycles. The molecule has 0 aliphatic heterocycles. The fraction of sp³-hybridized carbons (Fsp3) is 0.417. The highest BCUT2D eigenvalue weighted by Gasteiger charge is 2.30. The van der Waals surface area contributed by atoms with Gasteiger partial charge in [0, 0.05) is 13.1 Å². The number of nitrogens with two attached hydrogens (primary N) is 1. The summed E-state index contributed by atoms with van der Waals surface area (Å²) < 4.78 is 0. The molecular weight excluding hydrogens is 220 g/mol. The summed E-state index contributed by atoms with van der Waals surface area (Å²) in [4.78, 5) is 15.5. The Morgan fingerprint density at radius 1 is 1.62 bits per heavy atom. The number of nitrogens with zero attached hydrogens (tertiary/aromatic N) is 1. The molecule has 0 bridgehead atoms.